The van der Waals surface area contributed by atoms with Gasteiger partial charge in [0, 0.05) is 19.0 Å². The van der Waals surface area contributed by atoms with Gasteiger partial charge in [-0.15, -0.1) is 12.3 Å². The SMILES string of the molecule is C#CCC(C)NC(=O)C1(CN)CCCCC1. The van der Waals surface area contributed by atoms with Crippen molar-refractivity contribution in [2.24, 2.45) is 11.1 Å². The number of carbonyl (C=O) groups is 1. The zero-order valence-electron chi connectivity index (χ0n) is 10.1. The van der Waals surface area contributed by atoms with Crippen molar-refractivity contribution in [3.8, 4) is 12.3 Å². The Hall–Kier alpha value is -1.01. The number of nitrogens with one attached hydrogen (secondary N) is 1. The third-order valence-corrected chi connectivity index (χ3v) is 3.48. The Morgan fingerprint density at radius 2 is 2.12 bits per heavy atom. The van der Waals surface area contributed by atoms with Crippen LogP contribution >= 0.6 is 0 Å². The van der Waals surface area contributed by atoms with E-state index in [4.69, 9.17) is 12.2 Å². The lowest BCUT2D eigenvalue weighted by Gasteiger charge is -2.35. The van der Waals surface area contributed by atoms with Gasteiger partial charge in [-0.1, -0.05) is 19.3 Å². The van der Waals surface area contributed by atoms with Crippen LogP contribution in [0.15, 0.2) is 0 Å². The maximum Gasteiger partial charge on any atom is 0.227 e. The Labute approximate surface area is 98.2 Å². The van der Waals surface area contributed by atoms with Crippen LogP contribution < -0.4 is 11.1 Å². The van der Waals surface area contributed by atoms with Gasteiger partial charge >= 0.3 is 0 Å². The van der Waals surface area contributed by atoms with E-state index in [0.717, 1.165) is 25.7 Å². The first-order valence-electron chi connectivity index (χ1n) is 6.09. The van der Waals surface area contributed by atoms with Crippen LogP contribution in [0.4, 0.5) is 0 Å². The van der Waals surface area contributed by atoms with Crippen molar-refractivity contribution in [2.45, 2.75) is 51.5 Å². The van der Waals surface area contributed by atoms with E-state index >= 15 is 0 Å². The Kier molecular flexibility index (Phi) is 4.82. The van der Waals surface area contributed by atoms with Crippen molar-refractivity contribution in [1.82, 2.24) is 5.32 Å². The zero-order chi connectivity index (χ0) is 12.0. The van der Waals surface area contributed by atoms with Gasteiger partial charge in [-0.25, -0.2) is 0 Å². The molecule has 3 nitrogen and oxygen atoms in total. The maximum absolute atomic E-state index is 12.2. The molecule has 3 N–H and O–H groups in total. The summed E-state index contributed by atoms with van der Waals surface area (Å²) in [6, 6.07) is 0.0443. The highest BCUT2D eigenvalue weighted by molar-refractivity contribution is 5.83. The second-order valence-electron chi connectivity index (χ2n) is 4.83. The van der Waals surface area contributed by atoms with E-state index < -0.39 is 0 Å². The number of terminal acetylenes is 1. The standard InChI is InChI=1S/C13H22N2O/c1-3-7-11(2)15-12(16)13(10-14)8-5-4-6-9-13/h1,11H,4-10,14H2,2H3,(H,15,16). The van der Waals surface area contributed by atoms with Crippen LogP contribution in [-0.4, -0.2) is 18.5 Å². The molecule has 0 aliphatic heterocycles. The van der Waals surface area contributed by atoms with Gasteiger partial charge in [0.2, 0.25) is 5.91 Å². The fraction of sp³-hybridized carbons (Fsp3) is 0.769. The fourth-order valence-corrected chi connectivity index (χ4v) is 2.36. The topological polar surface area (TPSA) is 55.1 Å². The van der Waals surface area contributed by atoms with Crippen molar-refractivity contribution in [2.75, 3.05) is 6.54 Å². The average Bonchev–Trinajstić information content (AvgIpc) is 2.30. The summed E-state index contributed by atoms with van der Waals surface area (Å²) in [7, 11) is 0. The van der Waals surface area contributed by atoms with Crippen LogP contribution in [0.25, 0.3) is 0 Å². The average molecular weight is 222 g/mol. The van der Waals surface area contributed by atoms with E-state index in [-0.39, 0.29) is 17.4 Å². The van der Waals surface area contributed by atoms with Crippen LogP contribution in [0.1, 0.15) is 45.4 Å². The summed E-state index contributed by atoms with van der Waals surface area (Å²) in [6.07, 6.45) is 11.1. The highest BCUT2D eigenvalue weighted by Crippen LogP contribution is 2.35. The molecule has 1 unspecified atom stereocenters. The Morgan fingerprint density at radius 1 is 1.50 bits per heavy atom. The third kappa shape index (κ3) is 2.99. The number of nitrogens with two attached hydrogens (primary N) is 1. The van der Waals surface area contributed by atoms with E-state index in [9.17, 15) is 4.79 Å². The Morgan fingerprint density at radius 3 is 2.62 bits per heavy atom. The highest BCUT2D eigenvalue weighted by atomic mass is 16.2. The van der Waals surface area contributed by atoms with Gasteiger partial charge < -0.3 is 11.1 Å². The summed E-state index contributed by atoms with van der Waals surface area (Å²) in [5.41, 5.74) is 5.46. The van der Waals surface area contributed by atoms with E-state index in [1.165, 1.54) is 6.42 Å². The Balaban J connectivity index is 2.58. The van der Waals surface area contributed by atoms with E-state index in [1.807, 2.05) is 6.92 Å². The summed E-state index contributed by atoms with van der Waals surface area (Å²) in [5.74, 6) is 2.66. The molecule has 1 rings (SSSR count). The molecule has 90 valence electrons. The quantitative estimate of drug-likeness (QED) is 0.707. The van der Waals surface area contributed by atoms with E-state index in [2.05, 4.69) is 11.2 Å². The van der Waals surface area contributed by atoms with Crippen LogP contribution in [-0.2, 0) is 4.79 Å². The van der Waals surface area contributed by atoms with Crippen molar-refractivity contribution in [3.63, 3.8) is 0 Å². The third-order valence-electron chi connectivity index (χ3n) is 3.48. The summed E-state index contributed by atoms with van der Waals surface area (Å²) >= 11 is 0. The molecule has 16 heavy (non-hydrogen) atoms. The molecular weight excluding hydrogens is 200 g/mol. The molecule has 0 bridgehead atoms. The number of hydrogen-bond acceptors (Lipinski definition) is 2. The van der Waals surface area contributed by atoms with Gasteiger partial charge in [-0.2, -0.15) is 0 Å². The molecule has 1 fully saturated rings. The molecule has 1 aliphatic carbocycles. The minimum atomic E-state index is -0.332. The molecule has 0 saturated heterocycles. The molecule has 1 atom stereocenters. The predicted octanol–water partition coefficient (Wildman–Crippen LogP) is 1.42. The van der Waals surface area contributed by atoms with Crippen LogP contribution in [0.2, 0.25) is 0 Å². The first-order valence-corrected chi connectivity index (χ1v) is 6.09. The lowest BCUT2D eigenvalue weighted by atomic mass is 9.73. The molecule has 3 heteroatoms. The molecule has 1 amide bonds. The monoisotopic (exact) mass is 222 g/mol. The molecule has 0 spiro atoms. The summed E-state index contributed by atoms with van der Waals surface area (Å²) < 4.78 is 0. The summed E-state index contributed by atoms with van der Waals surface area (Å²) in [4.78, 5) is 12.2. The van der Waals surface area contributed by atoms with Gasteiger partial charge in [0.1, 0.15) is 0 Å². The minimum Gasteiger partial charge on any atom is -0.352 e. The molecule has 0 aromatic rings. The van der Waals surface area contributed by atoms with E-state index in [1.54, 1.807) is 0 Å². The number of hydrogen-bond donors (Lipinski definition) is 2. The zero-order valence-corrected chi connectivity index (χ0v) is 10.1. The van der Waals surface area contributed by atoms with Gasteiger partial charge in [0.15, 0.2) is 0 Å². The van der Waals surface area contributed by atoms with Crippen LogP contribution in [0.5, 0.6) is 0 Å². The first-order chi connectivity index (χ1) is 7.64. The van der Waals surface area contributed by atoms with Crippen molar-refractivity contribution in [3.05, 3.63) is 0 Å². The predicted molar refractivity (Wildman–Crippen MR) is 65.6 cm³/mol. The molecule has 1 saturated carbocycles. The summed E-state index contributed by atoms with van der Waals surface area (Å²) in [5, 5.41) is 2.98. The second kappa shape index (κ2) is 5.91. The molecule has 0 aromatic carbocycles. The number of carbonyl (C=O) groups excluding carboxylic acids is 1. The molecular formula is C13H22N2O. The molecule has 0 radical (unpaired) electrons. The van der Waals surface area contributed by atoms with Crippen LogP contribution in [0, 0.1) is 17.8 Å². The van der Waals surface area contributed by atoms with Crippen LogP contribution in [0.3, 0.4) is 0 Å². The summed E-state index contributed by atoms with van der Waals surface area (Å²) in [6.45, 7) is 2.38. The maximum atomic E-state index is 12.2. The normalized spacial score (nSPS) is 20.8. The lowest BCUT2D eigenvalue weighted by Crippen LogP contribution is -2.49. The largest absolute Gasteiger partial charge is 0.352 e. The fourth-order valence-electron chi connectivity index (χ4n) is 2.36. The second-order valence-corrected chi connectivity index (χ2v) is 4.83. The lowest BCUT2D eigenvalue weighted by molar-refractivity contribution is -0.133. The van der Waals surface area contributed by atoms with Gasteiger partial charge in [0.05, 0.1) is 5.41 Å². The van der Waals surface area contributed by atoms with E-state index in [0.29, 0.717) is 13.0 Å². The minimum absolute atomic E-state index is 0.0443. The van der Waals surface area contributed by atoms with Crippen molar-refractivity contribution in [1.29, 1.82) is 0 Å². The number of amides is 1. The van der Waals surface area contributed by atoms with Gasteiger partial charge in [-0.3, -0.25) is 4.79 Å². The van der Waals surface area contributed by atoms with Gasteiger partial charge in [-0.05, 0) is 19.8 Å². The molecule has 0 aromatic heterocycles. The van der Waals surface area contributed by atoms with Crippen molar-refractivity contribution >= 4 is 5.91 Å². The number of rotatable bonds is 4. The Bertz CT molecular complexity index is 274. The van der Waals surface area contributed by atoms with Crippen molar-refractivity contribution < 1.29 is 4.79 Å². The van der Waals surface area contributed by atoms with Gasteiger partial charge in [0.25, 0.3) is 0 Å². The molecule has 1 aliphatic rings. The smallest absolute Gasteiger partial charge is 0.227 e. The molecule has 0 heterocycles. The highest BCUT2D eigenvalue weighted by Gasteiger charge is 2.38. The first kappa shape index (κ1) is 13.1.